The van der Waals surface area contributed by atoms with Gasteiger partial charge in [-0.1, -0.05) is 30.3 Å². The highest BCUT2D eigenvalue weighted by Crippen LogP contribution is 2.25. The second-order valence-electron chi connectivity index (χ2n) is 5.30. The largest absolute Gasteiger partial charge is 0.479 e. The van der Waals surface area contributed by atoms with Crippen LogP contribution in [-0.4, -0.2) is 63.1 Å². The van der Waals surface area contributed by atoms with Gasteiger partial charge < -0.3 is 29.9 Å². The van der Waals surface area contributed by atoms with Crippen molar-refractivity contribution in [1.82, 2.24) is 0 Å². The normalized spacial score (nSPS) is 32.1. The zero-order valence-electron chi connectivity index (χ0n) is 12.3. The van der Waals surface area contributed by atoms with Crippen LogP contribution < -0.4 is 0 Å². The van der Waals surface area contributed by atoms with Gasteiger partial charge in [0.25, 0.3) is 0 Å². The summed E-state index contributed by atoms with van der Waals surface area (Å²) in [6.45, 7) is 1.58. The highest BCUT2D eigenvalue weighted by molar-refractivity contribution is 5.78. The van der Waals surface area contributed by atoms with Crippen LogP contribution in [0.5, 0.6) is 0 Å². The first-order valence-corrected chi connectivity index (χ1v) is 7.01. The van der Waals surface area contributed by atoms with Crippen molar-refractivity contribution in [3.8, 4) is 0 Å². The van der Waals surface area contributed by atoms with Crippen LogP contribution in [0.2, 0.25) is 0 Å². The maximum absolute atomic E-state index is 12.1. The average Bonchev–Trinajstić information content (AvgIpc) is 2.55. The predicted molar refractivity (Wildman–Crippen MR) is 75.3 cm³/mol. The van der Waals surface area contributed by atoms with Crippen molar-refractivity contribution in [2.75, 3.05) is 0 Å². The molecule has 1 aliphatic heterocycles. The van der Waals surface area contributed by atoms with Crippen molar-refractivity contribution >= 4 is 11.9 Å². The van der Waals surface area contributed by atoms with Crippen LogP contribution in [0.1, 0.15) is 18.4 Å². The number of rotatable bonds is 4. The highest BCUT2D eigenvalue weighted by Gasteiger charge is 2.48. The first-order chi connectivity index (χ1) is 10.8. The maximum atomic E-state index is 12.1. The van der Waals surface area contributed by atoms with Gasteiger partial charge in [-0.05, 0) is 12.5 Å². The minimum absolute atomic E-state index is 0.665. The van der Waals surface area contributed by atoms with E-state index in [1.807, 2.05) is 0 Å². The molecular weight excluding hydrogens is 308 g/mol. The van der Waals surface area contributed by atoms with E-state index in [9.17, 15) is 24.9 Å². The van der Waals surface area contributed by atoms with Gasteiger partial charge in [0.1, 0.15) is 18.3 Å². The summed E-state index contributed by atoms with van der Waals surface area (Å²) in [6, 6.07) is 8.69. The molecule has 1 fully saturated rings. The molecule has 23 heavy (non-hydrogen) atoms. The Hall–Kier alpha value is -2.00. The standard InChI is InChI=1S/C15H18O8/c1-7(8-5-3-2-4-6-8)14(21)23-15-11(18)9(16)10(17)12(22-15)13(19)20/h2-7,9-12,15-18H,1H3,(H,19,20)/t7-,9+,10+,11-,12+,15+/m1/s1. The molecule has 6 atom stereocenters. The summed E-state index contributed by atoms with van der Waals surface area (Å²) >= 11 is 0. The third-order valence-corrected chi connectivity index (χ3v) is 3.70. The zero-order chi connectivity index (χ0) is 17.1. The van der Waals surface area contributed by atoms with E-state index in [1.165, 1.54) is 0 Å². The molecule has 2 rings (SSSR count). The van der Waals surface area contributed by atoms with E-state index in [2.05, 4.69) is 0 Å². The Morgan fingerprint density at radius 2 is 1.70 bits per heavy atom. The lowest BCUT2D eigenvalue weighted by atomic mass is 9.98. The number of carbonyl (C=O) groups excluding carboxylic acids is 1. The van der Waals surface area contributed by atoms with Crippen LogP contribution in [-0.2, 0) is 19.1 Å². The molecule has 1 saturated heterocycles. The Labute approximate surface area is 131 Å². The topological polar surface area (TPSA) is 134 Å². The quantitative estimate of drug-likeness (QED) is 0.530. The van der Waals surface area contributed by atoms with Gasteiger partial charge >= 0.3 is 11.9 Å². The summed E-state index contributed by atoms with van der Waals surface area (Å²) in [5.74, 6) is -2.98. The number of aliphatic hydroxyl groups is 3. The smallest absolute Gasteiger partial charge is 0.335 e. The molecule has 0 spiro atoms. The third-order valence-electron chi connectivity index (χ3n) is 3.70. The number of carboxylic acids is 1. The Bertz CT molecular complexity index is 560. The molecule has 1 aliphatic rings. The number of carbonyl (C=O) groups is 2. The molecule has 0 aliphatic carbocycles. The van der Waals surface area contributed by atoms with Gasteiger partial charge in [0, 0.05) is 0 Å². The van der Waals surface area contributed by atoms with Gasteiger partial charge in [0.15, 0.2) is 6.10 Å². The van der Waals surface area contributed by atoms with Crippen LogP contribution in [0, 0.1) is 0 Å². The second kappa shape index (κ2) is 7.05. The van der Waals surface area contributed by atoms with Gasteiger partial charge in [-0.2, -0.15) is 0 Å². The molecule has 8 nitrogen and oxygen atoms in total. The fourth-order valence-corrected chi connectivity index (χ4v) is 2.24. The SMILES string of the molecule is C[C@@H](C(=O)O[C@@H]1O[C@H](C(=O)O)[C@@H](O)[C@H](O)[C@H]1O)c1ccccc1. The lowest BCUT2D eigenvalue weighted by Gasteiger charge is -2.38. The number of aliphatic hydroxyl groups excluding tert-OH is 3. The zero-order valence-corrected chi connectivity index (χ0v) is 12.3. The number of aliphatic carboxylic acids is 1. The third kappa shape index (κ3) is 3.67. The monoisotopic (exact) mass is 326 g/mol. The molecule has 1 aromatic carbocycles. The van der Waals surface area contributed by atoms with Crippen LogP contribution in [0.15, 0.2) is 30.3 Å². The van der Waals surface area contributed by atoms with Gasteiger partial charge in [0.05, 0.1) is 5.92 Å². The molecule has 8 heteroatoms. The Kier molecular flexibility index (Phi) is 5.32. The maximum Gasteiger partial charge on any atom is 0.335 e. The molecule has 1 aromatic rings. The Balaban J connectivity index is 2.08. The van der Waals surface area contributed by atoms with Crippen molar-refractivity contribution in [3.63, 3.8) is 0 Å². The summed E-state index contributed by atoms with van der Waals surface area (Å²) in [5, 5.41) is 38.0. The molecular formula is C15H18O8. The molecule has 1 heterocycles. The van der Waals surface area contributed by atoms with Crippen molar-refractivity contribution in [2.24, 2.45) is 0 Å². The first-order valence-electron chi connectivity index (χ1n) is 7.01. The van der Waals surface area contributed by atoms with Crippen molar-refractivity contribution in [2.45, 2.75) is 43.5 Å². The van der Waals surface area contributed by atoms with E-state index in [4.69, 9.17) is 14.6 Å². The van der Waals surface area contributed by atoms with Crippen LogP contribution in [0.4, 0.5) is 0 Å². The Morgan fingerprint density at radius 1 is 1.09 bits per heavy atom. The molecule has 0 unspecified atom stereocenters. The lowest BCUT2D eigenvalue weighted by Crippen LogP contribution is -2.60. The van der Waals surface area contributed by atoms with Crippen molar-refractivity contribution in [1.29, 1.82) is 0 Å². The van der Waals surface area contributed by atoms with Crippen LogP contribution in [0.3, 0.4) is 0 Å². The molecule has 0 saturated carbocycles. The molecule has 0 radical (unpaired) electrons. The number of carboxylic acid groups (broad SMARTS) is 1. The molecule has 4 N–H and O–H groups in total. The van der Waals surface area contributed by atoms with E-state index in [-0.39, 0.29) is 0 Å². The lowest BCUT2D eigenvalue weighted by molar-refractivity contribution is -0.286. The Morgan fingerprint density at radius 3 is 2.26 bits per heavy atom. The highest BCUT2D eigenvalue weighted by atomic mass is 16.7. The van der Waals surface area contributed by atoms with E-state index in [0.717, 1.165) is 0 Å². The van der Waals surface area contributed by atoms with E-state index in [0.29, 0.717) is 5.56 Å². The minimum atomic E-state index is -1.83. The van der Waals surface area contributed by atoms with Gasteiger partial charge in [-0.3, -0.25) is 4.79 Å². The van der Waals surface area contributed by atoms with Crippen molar-refractivity contribution < 1.29 is 39.5 Å². The van der Waals surface area contributed by atoms with Crippen LogP contribution in [0.25, 0.3) is 0 Å². The van der Waals surface area contributed by atoms with Crippen LogP contribution >= 0.6 is 0 Å². The van der Waals surface area contributed by atoms with Gasteiger partial charge in [0.2, 0.25) is 6.29 Å². The fourth-order valence-electron chi connectivity index (χ4n) is 2.24. The summed E-state index contributed by atoms with van der Waals surface area (Å²) in [7, 11) is 0. The van der Waals surface area contributed by atoms with E-state index in [1.54, 1.807) is 37.3 Å². The number of esters is 1. The number of hydrogen-bond donors (Lipinski definition) is 4. The number of hydrogen-bond acceptors (Lipinski definition) is 7. The molecule has 0 amide bonds. The summed E-state index contributed by atoms with van der Waals surface area (Å²) in [5.41, 5.74) is 0.665. The predicted octanol–water partition coefficient (Wildman–Crippen LogP) is -0.774. The van der Waals surface area contributed by atoms with E-state index < -0.39 is 48.6 Å². The summed E-state index contributed by atoms with van der Waals surface area (Å²) in [6.07, 6.45) is -8.89. The van der Waals surface area contributed by atoms with Gasteiger partial charge in [-0.15, -0.1) is 0 Å². The molecule has 0 bridgehead atoms. The minimum Gasteiger partial charge on any atom is -0.479 e. The molecule has 126 valence electrons. The summed E-state index contributed by atoms with van der Waals surface area (Å²) in [4.78, 5) is 23.1. The molecule has 0 aromatic heterocycles. The summed E-state index contributed by atoms with van der Waals surface area (Å²) < 4.78 is 9.87. The second-order valence-corrected chi connectivity index (χ2v) is 5.30. The van der Waals surface area contributed by atoms with Crippen molar-refractivity contribution in [3.05, 3.63) is 35.9 Å². The number of ether oxygens (including phenoxy) is 2. The van der Waals surface area contributed by atoms with Gasteiger partial charge in [-0.25, -0.2) is 4.79 Å². The first kappa shape index (κ1) is 17.4. The average molecular weight is 326 g/mol. The number of benzene rings is 1. The van der Waals surface area contributed by atoms with E-state index >= 15 is 0 Å². The fraction of sp³-hybridized carbons (Fsp3) is 0.467.